The number of fused-ring (bicyclic) bond motifs is 1. The van der Waals surface area contributed by atoms with Crippen LogP contribution in [0.3, 0.4) is 0 Å². The fourth-order valence-corrected chi connectivity index (χ4v) is 1.51. The minimum Gasteiger partial charge on any atom is -0.478 e. The van der Waals surface area contributed by atoms with Gasteiger partial charge in [0.15, 0.2) is 0 Å². The second-order valence-electron chi connectivity index (χ2n) is 3.15. The number of hydrogen-bond acceptors (Lipinski definition) is 3. The third-order valence-electron chi connectivity index (χ3n) is 2.25. The van der Waals surface area contributed by atoms with Gasteiger partial charge < -0.3 is 10.4 Å². The molecule has 4 heteroatoms. The first-order chi connectivity index (χ1) is 7.22. The van der Waals surface area contributed by atoms with Crippen molar-refractivity contribution in [1.29, 1.82) is 0 Å². The Morgan fingerprint density at radius 3 is 2.87 bits per heavy atom. The van der Waals surface area contributed by atoms with E-state index in [1.165, 1.54) is 0 Å². The molecule has 0 saturated carbocycles. The smallest absolute Gasteiger partial charge is 0.335 e. The molecule has 4 nitrogen and oxygen atoms in total. The Bertz CT molecular complexity index is 523. The maximum Gasteiger partial charge on any atom is 0.335 e. The van der Waals surface area contributed by atoms with Crippen LogP contribution in [0.25, 0.3) is 10.8 Å². The van der Waals surface area contributed by atoms with E-state index in [1.54, 1.807) is 37.5 Å². The van der Waals surface area contributed by atoms with Gasteiger partial charge in [0.25, 0.3) is 0 Å². The lowest BCUT2D eigenvalue weighted by atomic mass is 10.1. The molecule has 0 spiro atoms. The van der Waals surface area contributed by atoms with Crippen molar-refractivity contribution in [2.24, 2.45) is 0 Å². The standard InChI is InChI=1S/C11H10N2O2/c1-12-10-9-3-2-8(11(14)15)6-7(9)4-5-13-10/h2-6H,1H3,(H,12,13)(H,14,15). The maximum absolute atomic E-state index is 10.8. The normalized spacial score (nSPS) is 10.2. The molecule has 0 bridgehead atoms. The molecule has 0 unspecified atom stereocenters. The molecule has 1 aromatic carbocycles. The minimum atomic E-state index is -0.917. The average molecular weight is 202 g/mol. The van der Waals surface area contributed by atoms with Crippen molar-refractivity contribution < 1.29 is 9.90 Å². The maximum atomic E-state index is 10.8. The Labute approximate surface area is 86.6 Å². The van der Waals surface area contributed by atoms with Crippen LogP contribution in [0.5, 0.6) is 0 Å². The van der Waals surface area contributed by atoms with Gasteiger partial charge in [0.05, 0.1) is 5.56 Å². The zero-order valence-electron chi connectivity index (χ0n) is 8.19. The highest BCUT2D eigenvalue weighted by molar-refractivity contribution is 5.98. The molecule has 0 aliphatic heterocycles. The molecule has 15 heavy (non-hydrogen) atoms. The molecule has 0 fully saturated rings. The molecule has 0 atom stereocenters. The lowest BCUT2D eigenvalue weighted by Gasteiger charge is -2.04. The molecule has 0 saturated heterocycles. The van der Waals surface area contributed by atoms with Gasteiger partial charge in [0.2, 0.25) is 0 Å². The number of aromatic carboxylic acids is 1. The van der Waals surface area contributed by atoms with Crippen molar-refractivity contribution in [1.82, 2.24) is 4.98 Å². The highest BCUT2D eigenvalue weighted by Crippen LogP contribution is 2.21. The quantitative estimate of drug-likeness (QED) is 0.781. The van der Waals surface area contributed by atoms with Crippen LogP contribution in [-0.4, -0.2) is 23.1 Å². The van der Waals surface area contributed by atoms with Crippen LogP contribution in [0.1, 0.15) is 10.4 Å². The first kappa shape index (κ1) is 9.45. The summed E-state index contributed by atoms with van der Waals surface area (Å²) in [5.41, 5.74) is 0.288. The summed E-state index contributed by atoms with van der Waals surface area (Å²) in [4.78, 5) is 14.9. The number of nitrogens with one attached hydrogen (secondary N) is 1. The third kappa shape index (κ3) is 1.61. The predicted molar refractivity (Wildman–Crippen MR) is 58.2 cm³/mol. The number of carbonyl (C=O) groups is 1. The molecule has 2 N–H and O–H groups in total. The Morgan fingerprint density at radius 2 is 2.20 bits per heavy atom. The molecular weight excluding hydrogens is 192 g/mol. The van der Waals surface area contributed by atoms with Gasteiger partial charge in [0, 0.05) is 18.6 Å². The number of anilines is 1. The van der Waals surface area contributed by atoms with Gasteiger partial charge >= 0.3 is 5.97 Å². The summed E-state index contributed by atoms with van der Waals surface area (Å²) in [5.74, 6) is -0.163. The Morgan fingerprint density at radius 1 is 1.40 bits per heavy atom. The van der Waals surface area contributed by atoms with Gasteiger partial charge in [-0.1, -0.05) is 0 Å². The molecule has 2 aromatic rings. The van der Waals surface area contributed by atoms with Crippen molar-refractivity contribution in [3.8, 4) is 0 Å². The summed E-state index contributed by atoms with van der Waals surface area (Å²) in [6.07, 6.45) is 1.65. The predicted octanol–water partition coefficient (Wildman–Crippen LogP) is 1.97. The zero-order valence-corrected chi connectivity index (χ0v) is 8.19. The fraction of sp³-hybridized carbons (Fsp3) is 0.0909. The summed E-state index contributed by atoms with van der Waals surface area (Å²) < 4.78 is 0. The lowest BCUT2D eigenvalue weighted by molar-refractivity contribution is 0.0697. The van der Waals surface area contributed by atoms with E-state index < -0.39 is 5.97 Å². The minimum absolute atomic E-state index is 0.288. The largest absolute Gasteiger partial charge is 0.478 e. The summed E-state index contributed by atoms with van der Waals surface area (Å²) >= 11 is 0. The van der Waals surface area contributed by atoms with Gasteiger partial charge in [-0.25, -0.2) is 9.78 Å². The number of carboxylic acid groups (broad SMARTS) is 1. The molecule has 0 amide bonds. The van der Waals surface area contributed by atoms with E-state index in [2.05, 4.69) is 10.3 Å². The van der Waals surface area contributed by atoms with Crippen molar-refractivity contribution in [3.05, 3.63) is 36.0 Å². The molecule has 0 aliphatic rings. The van der Waals surface area contributed by atoms with E-state index in [-0.39, 0.29) is 5.56 Å². The Hall–Kier alpha value is -2.10. The molecule has 0 radical (unpaired) electrons. The Balaban J connectivity index is 2.69. The monoisotopic (exact) mass is 202 g/mol. The van der Waals surface area contributed by atoms with E-state index >= 15 is 0 Å². The number of aromatic nitrogens is 1. The van der Waals surface area contributed by atoms with Gasteiger partial charge in [-0.15, -0.1) is 0 Å². The van der Waals surface area contributed by atoms with Crippen LogP contribution in [0.15, 0.2) is 30.5 Å². The third-order valence-corrected chi connectivity index (χ3v) is 2.25. The summed E-state index contributed by atoms with van der Waals surface area (Å²) in [5, 5.41) is 13.6. The summed E-state index contributed by atoms with van der Waals surface area (Å²) in [7, 11) is 1.78. The second kappa shape index (κ2) is 3.57. The average Bonchev–Trinajstić information content (AvgIpc) is 2.27. The van der Waals surface area contributed by atoms with Crippen LogP contribution < -0.4 is 5.32 Å². The van der Waals surface area contributed by atoms with Crippen LogP contribution in [0.2, 0.25) is 0 Å². The number of rotatable bonds is 2. The van der Waals surface area contributed by atoms with Crippen molar-refractivity contribution >= 4 is 22.6 Å². The lowest BCUT2D eigenvalue weighted by Crippen LogP contribution is -1.97. The van der Waals surface area contributed by atoms with E-state index in [0.29, 0.717) is 0 Å². The summed E-state index contributed by atoms with van der Waals surface area (Å²) in [6, 6.07) is 6.77. The topological polar surface area (TPSA) is 62.2 Å². The van der Waals surface area contributed by atoms with Crippen LogP contribution in [0, 0.1) is 0 Å². The summed E-state index contributed by atoms with van der Waals surface area (Å²) in [6.45, 7) is 0. The fourth-order valence-electron chi connectivity index (χ4n) is 1.51. The van der Waals surface area contributed by atoms with Gasteiger partial charge in [-0.3, -0.25) is 0 Å². The number of pyridine rings is 1. The SMILES string of the molecule is CNc1nccc2cc(C(=O)O)ccc12. The number of hydrogen-bond donors (Lipinski definition) is 2. The molecule has 1 heterocycles. The number of benzene rings is 1. The highest BCUT2D eigenvalue weighted by atomic mass is 16.4. The van der Waals surface area contributed by atoms with Crippen molar-refractivity contribution in [3.63, 3.8) is 0 Å². The van der Waals surface area contributed by atoms with E-state index in [1.807, 2.05) is 0 Å². The molecule has 1 aromatic heterocycles. The van der Waals surface area contributed by atoms with Gasteiger partial charge in [-0.2, -0.15) is 0 Å². The van der Waals surface area contributed by atoms with Crippen LogP contribution in [0.4, 0.5) is 5.82 Å². The van der Waals surface area contributed by atoms with Gasteiger partial charge in [0.1, 0.15) is 5.82 Å². The van der Waals surface area contributed by atoms with Gasteiger partial charge in [-0.05, 0) is 29.7 Å². The first-order valence-corrected chi connectivity index (χ1v) is 4.52. The zero-order chi connectivity index (χ0) is 10.8. The van der Waals surface area contributed by atoms with Crippen molar-refractivity contribution in [2.45, 2.75) is 0 Å². The second-order valence-corrected chi connectivity index (χ2v) is 3.15. The number of nitrogens with zero attached hydrogens (tertiary/aromatic N) is 1. The highest BCUT2D eigenvalue weighted by Gasteiger charge is 2.05. The van der Waals surface area contributed by atoms with Crippen molar-refractivity contribution in [2.75, 3.05) is 12.4 Å². The molecule has 76 valence electrons. The Kier molecular flexibility index (Phi) is 2.25. The molecule has 2 rings (SSSR count). The molecular formula is C11H10N2O2. The molecule has 0 aliphatic carbocycles. The van der Waals surface area contributed by atoms with E-state index in [9.17, 15) is 4.79 Å². The first-order valence-electron chi connectivity index (χ1n) is 4.52. The number of carboxylic acids is 1. The van der Waals surface area contributed by atoms with Crippen LogP contribution >= 0.6 is 0 Å². The van der Waals surface area contributed by atoms with E-state index in [4.69, 9.17) is 5.11 Å². The van der Waals surface area contributed by atoms with E-state index in [0.717, 1.165) is 16.6 Å². The van der Waals surface area contributed by atoms with Crippen LogP contribution in [-0.2, 0) is 0 Å².